The number of aromatic nitrogens is 5. The third-order valence-electron chi connectivity index (χ3n) is 10.3. The molecule has 54 heavy (non-hydrogen) atoms. The summed E-state index contributed by atoms with van der Waals surface area (Å²) >= 11 is 0. The molecule has 10 aromatic rings. The lowest BCUT2D eigenvalue weighted by molar-refractivity contribution is 0.670. The van der Waals surface area contributed by atoms with Crippen molar-refractivity contribution in [2.75, 3.05) is 0 Å². The first-order valence-corrected chi connectivity index (χ1v) is 18.5. The Hall–Kier alpha value is -6.92. The van der Waals surface area contributed by atoms with Gasteiger partial charge in [0.25, 0.3) is 0 Å². The van der Waals surface area contributed by atoms with Crippen LogP contribution in [0.2, 0.25) is 0 Å². The van der Waals surface area contributed by atoms with E-state index < -0.39 is 0 Å². The van der Waals surface area contributed by atoms with Crippen LogP contribution in [0.1, 0.15) is 25.3 Å². The van der Waals surface area contributed by atoms with Gasteiger partial charge in [-0.2, -0.15) is 0 Å². The molecule has 258 valence electrons. The highest BCUT2D eigenvalue weighted by molar-refractivity contribution is 6.13. The van der Waals surface area contributed by atoms with E-state index in [-0.39, 0.29) is 0 Å². The average Bonchev–Trinajstić information content (AvgIpc) is 3.79. The van der Waals surface area contributed by atoms with Gasteiger partial charge in [0.05, 0.1) is 11.0 Å². The Morgan fingerprint density at radius 3 is 1.94 bits per heavy atom. The minimum atomic E-state index is 0.583. The summed E-state index contributed by atoms with van der Waals surface area (Å²) in [5.41, 5.74) is 10.2. The van der Waals surface area contributed by atoms with Crippen molar-refractivity contribution in [3.63, 3.8) is 0 Å². The third kappa shape index (κ3) is 5.51. The van der Waals surface area contributed by atoms with E-state index in [2.05, 4.69) is 121 Å². The highest BCUT2D eigenvalue weighted by Crippen LogP contribution is 2.39. The molecule has 6 aromatic carbocycles. The first-order chi connectivity index (χ1) is 26.7. The lowest BCUT2D eigenvalue weighted by Gasteiger charge is -2.10. The minimum Gasteiger partial charge on any atom is -0.455 e. The fraction of sp³-hybridized carbons (Fsp3) is 0.0833. The Balaban J connectivity index is 1.06. The molecule has 0 saturated heterocycles. The fourth-order valence-electron chi connectivity index (χ4n) is 7.56. The summed E-state index contributed by atoms with van der Waals surface area (Å²) in [6.07, 6.45) is 5.28. The zero-order valence-electron chi connectivity index (χ0n) is 29.8. The summed E-state index contributed by atoms with van der Waals surface area (Å²) < 4.78 is 8.64. The second-order valence-electron chi connectivity index (χ2n) is 13.7. The molecule has 0 amide bonds. The molecule has 0 aliphatic carbocycles. The van der Waals surface area contributed by atoms with Gasteiger partial charge < -0.3 is 4.42 Å². The van der Waals surface area contributed by atoms with Gasteiger partial charge in [0, 0.05) is 50.0 Å². The molecule has 0 fully saturated rings. The van der Waals surface area contributed by atoms with Gasteiger partial charge in [-0.1, -0.05) is 129 Å². The predicted octanol–water partition coefficient (Wildman–Crippen LogP) is 12.3. The van der Waals surface area contributed by atoms with E-state index >= 15 is 0 Å². The van der Waals surface area contributed by atoms with Gasteiger partial charge in [-0.25, -0.2) is 19.9 Å². The van der Waals surface area contributed by atoms with Crippen LogP contribution in [0, 0.1) is 0 Å². The lowest BCUT2D eigenvalue weighted by atomic mass is 10.0. The van der Waals surface area contributed by atoms with Crippen molar-refractivity contribution in [2.45, 2.75) is 26.2 Å². The molecule has 0 atom stereocenters. The molecule has 0 aliphatic rings. The summed E-state index contributed by atoms with van der Waals surface area (Å²) in [5, 5.41) is 4.56. The predicted molar refractivity (Wildman–Crippen MR) is 220 cm³/mol. The molecule has 0 saturated carbocycles. The van der Waals surface area contributed by atoms with Gasteiger partial charge in [-0.3, -0.25) is 4.57 Å². The number of para-hydroxylation sites is 3. The molecule has 10 rings (SSSR count). The summed E-state index contributed by atoms with van der Waals surface area (Å²) in [5.74, 6) is 2.67. The van der Waals surface area contributed by atoms with Crippen LogP contribution in [0.3, 0.4) is 0 Å². The summed E-state index contributed by atoms with van der Waals surface area (Å²) in [4.78, 5) is 19.9. The molecule has 0 bridgehead atoms. The van der Waals surface area contributed by atoms with E-state index in [9.17, 15) is 0 Å². The van der Waals surface area contributed by atoms with E-state index in [4.69, 9.17) is 24.4 Å². The number of hydrogen-bond acceptors (Lipinski definition) is 5. The zero-order chi connectivity index (χ0) is 36.0. The quantitative estimate of drug-likeness (QED) is 0.158. The van der Waals surface area contributed by atoms with Crippen LogP contribution in [0.4, 0.5) is 0 Å². The van der Waals surface area contributed by atoms with Crippen molar-refractivity contribution in [1.29, 1.82) is 0 Å². The molecule has 6 nitrogen and oxygen atoms in total. The molecule has 0 aliphatic heterocycles. The highest BCUT2D eigenvalue weighted by Gasteiger charge is 2.18. The number of aryl methyl sites for hydroxylation is 1. The summed E-state index contributed by atoms with van der Waals surface area (Å²) in [6, 6.07) is 52.6. The number of nitrogens with zero attached hydrogens (tertiary/aromatic N) is 5. The van der Waals surface area contributed by atoms with Crippen LogP contribution in [-0.4, -0.2) is 24.5 Å². The van der Waals surface area contributed by atoms with Crippen LogP contribution in [0.15, 0.2) is 162 Å². The van der Waals surface area contributed by atoms with Crippen molar-refractivity contribution in [3.8, 4) is 51.1 Å². The standard InChI is InChI=1S/C48H35N5O/c1-2-3-12-31-21-23-33(24-22-31)47-50-46(32-13-5-4-6-14-32)51-48(52-47)35-26-28-44(49-30-35)53-41-19-9-7-15-37(41)40-29-34(25-27-42(40)53)36-17-11-18-39-38-16-8-10-20-43(38)54-45(36)39/h4-11,13-30H,2-3,12H2,1H3. The van der Waals surface area contributed by atoms with E-state index in [1.54, 1.807) is 0 Å². The number of unbranched alkanes of at least 4 members (excludes halogenated alkanes) is 1. The number of pyridine rings is 1. The number of rotatable bonds is 8. The SMILES string of the molecule is CCCCc1ccc(-c2nc(-c3ccccc3)nc(-c3ccc(-n4c5ccccc5c5cc(-c6cccc7c6oc6ccccc67)ccc54)nc3)n2)cc1. The molecule has 4 heterocycles. The van der Waals surface area contributed by atoms with Crippen LogP contribution in [-0.2, 0) is 6.42 Å². The normalized spacial score (nSPS) is 11.6. The smallest absolute Gasteiger partial charge is 0.165 e. The van der Waals surface area contributed by atoms with Crippen molar-refractivity contribution < 1.29 is 4.42 Å². The van der Waals surface area contributed by atoms with E-state index in [0.717, 1.165) is 83.8 Å². The Kier molecular flexibility index (Phi) is 7.80. The lowest BCUT2D eigenvalue weighted by Crippen LogP contribution is -2.02. The van der Waals surface area contributed by atoms with Crippen molar-refractivity contribution >= 4 is 43.7 Å². The maximum atomic E-state index is 6.41. The maximum absolute atomic E-state index is 6.41. The van der Waals surface area contributed by atoms with Crippen molar-refractivity contribution in [1.82, 2.24) is 24.5 Å². The van der Waals surface area contributed by atoms with Crippen LogP contribution in [0.25, 0.3) is 94.9 Å². The monoisotopic (exact) mass is 697 g/mol. The molecule has 4 aromatic heterocycles. The Morgan fingerprint density at radius 2 is 1.17 bits per heavy atom. The van der Waals surface area contributed by atoms with Gasteiger partial charge in [0.1, 0.15) is 17.0 Å². The highest BCUT2D eigenvalue weighted by atomic mass is 16.3. The van der Waals surface area contributed by atoms with Crippen LogP contribution < -0.4 is 0 Å². The first-order valence-electron chi connectivity index (χ1n) is 18.5. The van der Waals surface area contributed by atoms with Gasteiger partial charge >= 0.3 is 0 Å². The number of furan rings is 1. The van der Waals surface area contributed by atoms with Crippen molar-refractivity contribution in [3.05, 3.63) is 163 Å². The van der Waals surface area contributed by atoms with Gasteiger partial charge in [0.15, 0.2) is 17.5 Å². The third-order valence-corrected chi connectivity index (χ3v) is 10.3. The number of fused-ring (bicyclic) bond motifs is 6. The number of hydrogen-bond donors (Lipinski definition) is 0. The molecule has 0 radical (unpaired) electrons. The second kappa shape index (κ2) is 13.2. The molecule has 0 spiro atoms. The molecule has 0 N–H and O–H groups in total. The van der Waals surface area contributed by atoms with Gasteiger partial charge in [-0.05, 0) is 60.4 Å². The molecular weight excluding hydrogens is 663 g/mol. The average molecular weight is 698 g/mol. The van der Waals surface area contributed by atoms with Gasteiger partial charge in [-0.15, -0.1) is 0 Å². The largest absolute Gasteiger partial charge is 0.455 e. The molecule has 0 unspecified atom stereocenters. The Bertz CT molecular complexity index is 2960. The number of benzene rings is 6. The molecular formula is C48H35N5O. The fourth-order valence-corrected chi connectivity index (χ4v) is 7.56. The maximum Gasteiger partial charge on any atom is 0.165 e. The van der Waals surface area contributed by atoms with Crippen LogP contribution >= 0.6 is 0 Å². The first kappa shape index (κ1) is 31.8. The van der Waals surface area contributed by atoms with Gasteiger partial charge in [0.2, 0.25) is 0 Å². The second-order valence-corrected chi connectivity index (χ2v) is 13.7. The van der Waals surface area contributed by atoms with E-state index in [1.807, 2.05) is 48.7 Å². The Labute approximate surface area is 312 Å². The van der Waals surface area contributed by atoms with E-state index in [1.165, 1.54) is 18.4 Å². The van der Waals surface area contributed by atoms with Crippen LogP contribution in [0.5, 0.6) is 0 Å². The molecule has 6 heteroatoms. The topological polar surface area (TPSA) is 69.6 Å². The van der Waals surface area contributed by atoms with E-state index in [0.29, 0.717) is 17.5 Å². The summed E-state index contributed by atoms with van der Waals surface area (Å²) in [6.45, 7) is 2.22. The minimum absolute atomic E-state index is 0.583. The van der Waals surface area contributed by atoms with Crippen molar-refractivity contribution in [2.24, 2.45) is 0 Å². The summed E-state index contributed by atoms with van der Waals surface area (Å²) in [7, 11) is 0. The Morgan fingerprint density at radius 1 is 0.519 bits per heavy atom. The zero-order valence-corrected chi connectivity index (χ0v) is 29.8.